The van der Waals surface area contributed by atoms with Crippen molar-refractivity contribution in [3.05, 3.63) is 34.1 Å². The average molecular weight is 291 g/mol. The van der Waals surface area contributed by atoms with E-state index >= 15 is 0 Å². The van der Waals surface area contributed by atoms with Crippen LogP contribution in [0.5, 0.6) is 0 Å². The molecule has 0 fully saturated rings. The smallest absolute Gasteiger partial charge is 0.135 e. The molecule has 2 atom stereocenters. The van der Waals surface area contributed by atoms with Gasteiger partial charge in [0.05, 0.1) is 12.1 Å². The molecule has 0 spiro atoms. The Labute approximate surface area is 119 Å². The first kappa shape index (κ1) is 15.6. The molecule has 0 saturated carbocycles. The number of allylic oxidation sites excluding steroid dienone is 3. The van der Waals surface area contributed by atoms with Gasteiger partial charge in [0.1, 0.15) is 5.76 Å². The Morgan fingerprint density at radius 3 is 2.72 bits per heavy atom. The Morgan fingerprint density at radius 2 is 2.11 bits per heavy atom. The Hall–Kier alpha value is -0.480. The molecule has 2 N–H and O–H groups in total. The maximum Gasteiger partial charge on any atom is 0.135 e. The summed E-state index contributed by atoms with van der Waals surface area (Å²) in [4.78, 5) is 0. The highest BCUT2D eigenvalue weighted by Gasteiger charge is 2.13. The molecule has 0 saturated heterocycles. The van der Waals surface area contributed by atoms with E-state index in [-0.39, 0.29) is 6.04 Å². The summed E-state index contributed by atoms with van der Waals surface area (Å²) in [5.41, 5.74) is 0. The Balaban J connectivity index is 2.65. The molecule has 0 aromatic heterocycles. The fraction of sp³-hybridized carbons (Fsp3) is 0.538. The lowest BCUT2D eigenvalue weighted by atomic mass is 10.2. The van der Waals surface area contributed by atoms with E-state index < -0.39 is 0 Å². The highest BCUT2D eigenvalue weighted by molar-refractivity contribution is 6.35. The monoisotopic (exact) mass is 290 g/mol. The topological polar surface area (TPSA) is 33.3 Å². The molecule has 3 nitrogen and oxygen atoms in total. The van der Waals surface area contributed by atoms with E-state index in [4.69, 9.17) is 27.9 Å². The third-order valence-electron chi connectivity index (χ3n) is 2.60. The number of ether oxygens (including phenoxy) is 1. The van der Waals surface area contributed by atoms with Gasteiger partial charge in [0.25, 0.3) is 0 Å². The zero-order valence-corrected chi connectivity index (χ0v) is 12.5. The number of hydrogen-bond acceptors (Lipinski definition) is 3. The van der Waals surface area contributed by atoms with Crippen molar-refractivity contribution in [1.82, 2.24) is 10.6 Å². The third-order valence-corrected chi connectivity index (χ3v) is 3.13. The number of nitrogens with one attached hydrogen (secondary N) is 2. The summed E-state index contributed by atoms with van der Waals surface area (Å²) in [6.07, 6.45) is 5.52. The molecule has 1 aliphatic carbocycles. The average Bonchev–Trinajstić information content (AvgIpc) is 2.45. The Morgan fingerprint density at radius 1 is 1.39 bits per heavy atom. The molecule has 0 aromatic carbocycles. The minimum atomic E-state index is 0.0149. The quantitative estimate of drug-likeness (QED) is 0.789. The first-order valence-electron chi connectivity index (χ1n) is 6.04. The first-order chi connectivity index (χ1) is 8.56. The molecule has 5 heteroatoms. The second-order valence-corrected chi connectivity index (χ2v) is 5.02. The largest absolute Gasteiger partial charge is 0.495 e. The van der Waals surface area contributed by atoms with Gasteiger partial charge in [-0.25, -0.2) is 0 Å². The molecule has 0 radical (unpaired) electrons. The predicted molar refractivity (Wildman–Crippen MR) is 77.9 cm³/mol. The summed E-state index contributed by atoms with van der Waals surface area (Å²) in [6.45, 7) is 6.01. The van der Waals surface area contributed by atoms with Crippen LogP contribution >= 0.6 is 23.2 Å². The van der Waals surface area contributed by atoms with Crippen LogP contribution < -0.4 is 10.6 Å². The number of rotatable bonds is 6. The van der Waals surface area contributed by atoms with Gasteiger partial charge in [0, 0.05) is 23.7 Å². The Bertz CT molecular complexity index is 364. The second-order valence-electron chi connectivity index (χ2n) is 4.17. The molecule has 102 valence electrons. The third kappa shape index (κ3) is 5.02. The van der Waals surface area contributed by atoms with Crippen LogP contribution in [0.3, 0.4) is 0 Å². The lowest BCUT2D eigenvalue weighted by Crippen LogP contribution is -2.39. The minimum absolute atomic E-state index is 0.0149. The molecule has 0 aromatic rings. The summed E-state index contributed by atoms with van der Waals surface area (Å²) in [5, 5.41) is 7.85. The highest BCUT2D eigenvalue weighted by atomic mass is 35.5. The summed E-state index contributed by atoms with van der Waals surface area (Å²) in [5.74, 6) is 0.636. The molecule has 0 amide bonds. The van der Waals surface area contributed by atoms with E-state index in [1.165, 1.54) is 0 Å². The highest BCUT2D eigenvalue weighted by Crippen LogP contribution is 2.23. The van der Waals surface area contributed by atoms with Gasteiger partial charge in [0.2, 0.25) is 0 Å². The van der Waals surface area contributed by atoms with Crippen molar-refractivity contribution in [1.29, 1.82) is 0 Å². The predicted octanol–water partition coefficient (Wildman–Crippen LogP) is 2.73. The van der Waals surface area contributed by atoms with Crippen LogP contribution in [-0.2, 0) is 4.74 Å². The van der Waals surface area contributed by atoms with Crippen LogP contribution in [0.4, 0.5) is 0 Å². The van der Waals surface area contributed by atoms with Crippen molar-refractivity contribution in [3.63, 3.8) is 0 Å². The van der Waals surface area contributed by atoms with Gasteiger partial charge in [-0.3, -0.25) is 0 Å². The number of methoxy groups -OCH3 is 1. The molecular formula is C13H20Cl2N2O. The summed E-state index contributed by atoms with van der Waals surface area (Å²) >= 11 is 12.1. The van der Waals surface area contributed by atoms with Crippen molar-refractivity contribution in [2.24, 2.45) is 0 Å². The van der Waals surface area contributed by atoms with Crippen molar-refractivity contribution in [2.45, 2.75) is 25.9 Å². The summed E-state index contributed by atoms with van der Waals surface area (Å²) < 4.78 is 5.23. The van der Waals surface area contributed by atoms with E-state index in [1.807, 2.05) is 12.2 Å². The fourth-order valence-electron chi connectivity index (χ4n) is 1.72. The van der Waals surface area contributed by atoms with Gasteiger partial charge in [-0.2, -0.15) is 0 Å². The molecule has 2 unspecified atom stereocenters. The van der Waals surface area contributed by atoms with Crippen LogP contribution in [-0.4, -0.2) is 32.3 Å². The maximum atomic E-state index is 6.07. The van der Waals surface area contributed by atoms with Crippen molar-refractivity contribution in [2.75, 3.05) is 20.2 Å². The molecule has 1 rings (SSSR count). The number of likely N-dealkylation sites (N-methyl/N-ethyl adjacent to an activating group) is 1. The zero-order valence-electron chi connectivity index (χ0n) is 11.0. The lowest BCUT2D eigenvalue weighted by molar-refractivity contribution is 0.302. The molecule has 0 aliphatic heterocycles. The molecular weight excluding hydrogens is 271 g/mol. The molecule has 18 heavy (non-hydrogen) atoms. The van der Waals surface area contributed by atoms with E-state index in [0.29, 0.717) is 21.9 Å². The number of hydrogen-bond donors (Lipinski definition) is 2. The molecule has 0 heterocycles. The van der Waals surface area contributed by atoms with Crippen molar-refractivity contribution in [3.8, 4) is 0 Å². The minimum Gasteiger partial charge on any atom is -0.495 e. The number of halogens is 2. The summed E-state index contributed by atoms with van der Waals surface area (Å²) in [7, 11) is 1.60. The van der Waals surface area contributed by atoms with Gasteiger partial charge in [0.15, 0.2) is 0 Å². The van der Waals surface area contributed by atoms with Gasteiger partial charge in [-0.05, 0) is 31.7 Å². The molecule has 1 aliphatic rings. The Kier molecular flexibility index (Phi) is 6.79. The normalized spacial score (nSPS) is 21.6. The van der Waals surface area contributed by atoms with Crippen molar-refractivity contribution >= 4 is 23.2 Å². The second kappa shape index (κ2) is 7.85. The zero-order chi connectivity index (χ0) is 13.5. The van der Waals surface area contributed by atoms with Crippen LogP contribution in [0, 0.1) is 0 Å². The van der Waals surface area contributed by atoms with Gasteiger partial charge < -0.3 is 15.4 Å². The van der Waals surface area contributed by atoms with Gasteiger partial charge >= 0.3 is 0 Å². The van der Waals surface area contributed by atoms with Crippen LogP contribution in [0.15, 0.2) is 34.1 Å². The lowest BCUT2D eigenvalue weighted by Gasteiger charge is -2.17. The van der Waals surface area contributed by atoms with Crippen LogP contribution in [0.1, 0.15) is 13.8 Å². The van der Waals surface area contributed by atoms with Gasteiger partial charge in [-0.15, -0.1) is 0 Å². The standard InChI is InChI=1S/C13H20Cl2N2O/c1-4-16-9(2)8-17-11-5-10(14)6-12(15)13(7-11)18-3/h5-7,9,11,16-17H,4,8H2,1-3H3. The van der Waals surface area contributed by atoms with Crippen LogP contribution in [0.25, 0.3) is 0 Å². The van der Waals surface area contributed by atoms with E-state index in [9.17, 15) is 0 Å². The molecule has 0 bridgehead atoms. The van der Waals surface area contributed by atoms with Crippen molar-refractivity contribution < 1.29 is 4.74 Å². The SMILES string of the molecule is CCNC(C)CNC1C=C(Cl)C=C(Cl)C(OC)=C1. The maximum absolute atomic E-state index is 6.07. The van der Waals surface area contributed by atoms with E-state index in [2.05, 4.69) is 24.5 Å². The van der Waals surface area contributed by atoms with Crippen LogP contribution in [0.2, 0.25) is 0 Å². The fourth-order valence-corrected chi connectivity index (χ4v) is 2.28. The van der Waals surface area contributed by atoms with E-state index in [1.54, 1.807) is 13.2 Å². The first-order valence-corrected chi connectivity index (χ1v) is 6.79. The van der Waals surface area contributed by atoms with E-state index in [0.717, 1.165) is 13.1 Å². The summed E-state index contributed by atoms with van der Waals surface area (Å²) in [6, 6.07) is 0.411. The van der Waals surface area contributed by atoms with Gasteiger partial charge in [-0.1, -0.05) is 30.1 Å².